The first-order valence-electron chi connectivity index (χ1n) is 10.2. The number of hydrogen-bond donors (Lipinski definition) is 1. The van der Waals surface area contributed by atoms with E-state index >= 15 is 0 Å². The third-order valence-corrected chi connectivity index (χ3v) is 5.41. The van der Waals surface area contributed by atoms with E-state index in [9.17, 15) is 4.79 Å². The van der Waals surface area contributed by atoms with Gasteiger partial charge in [-0.1, -0.05) is 35.0 Å². The maximum Gasteiger partial charge on any atom is 0.271 e. The van der Waals surface area contributed by atoms with Crippen molar-refractivity contribution in [2.24, 2.45) is 0 Å². The van der Waals surface area contributed by atoms with Crippen molar-refractivity contribution < 1.29 is 18.8 Å². The topological polar surface area (TPSA) is 106 Å². The van der Waals surface area contributed by atoms with Crippen molar-refractivity contribution in [1.82, 2.24) is 25.2 Å². The van der Waals surface area contributed by atoms with Crippen LogP contribution in [0.2, 0.25) is 5.02 Å². The van der Waals surface area contributed by atoms with Gasteiger partial charge in [-0.25, -0.2) is 0 Å². The van der Waals surface area contributed by atoms with Gasteiger partial charge in [-0.3, -0.25) is 9.89 Å². The summed E-state index contributed by atoms with van der Waals surface area (Å²) in [5.41, 5.74) is 1.87. The highest BCUT2D eigenvalue weighted by molar-refractivity contribution is 6.33. The number of likely N-dealkylation sites (tertiary alicyclic amines) is 1. The van der Waals surface area contributed by atoms with Gasteiger partial charge < -0.3 is 18.9 Å². The highest BCUT2D eigenvalue weighted by Gasteiger charge is 2.26. The molecule has 1 aliphatic rings. The number of nitrogens with one attached hydrogen (secondary N) is 1. The smallest absolute Gasteiger partial charge is 0.271 e. The number of piperidine rings is 1. The van der Waals surface area contributed by atoms with E-state index in [1.165, 1.54) is 0 Å². The average molecular weight is 446 g/mol. The minimum Gasteiger partial charge on any atom is -0.376 e. The molecule has 31 heavy (non-hydrogen) atoms. The molecule has 0 aliphatic carbocycles. The molecule has 1 amide bonds. The van der Waals surface area contributed by atoms with Gasteiger partial charge in [-0.05, 0) is 25.0 Å². The van der Waals surface area contributed by atoms with E-state index < -0.39 is 0 Å². The van der Waals surface area contributed by atoms with Crippen LogP contribution in [0.3, 0.4) is 0 Å². The normalized spacial score (nSPS) is 16.6. The SMILES string of the molecule is COCc1nc(CCOC2CCCN(C(=O)c3cc(-c4ccccc4Cl)n[nH]3)C2)no1. The van der Waals surface area contributed by atoms with Crippen LogP contribution >= 0.6 is 11.6 Å². The Morgan fingerprint density at radius 2 is 2.26 bits per heavy atom. The Bertz CT molecular complexity index is 1020. The molecule has 0 radical (unpaired) electrons. The second-order valence-corrected chi connectivity index (χ2v) is 7.73. The molecule has 1 unspecified atom stereocenters. The monoisotopic (exact) mass is 445 g/mol. The molecular weight excluding hydrogens is 422 g/mol. The summed E-state index contributed by atoms with van der Waals surface area (Å²) in [4.78, 5) is 19.0. The number of methoxy groups -OCH3 is 1. The highest BCUT2D eigenvalue weighted by atomic mass is 35.5. The van der Waals surface area contributed by atoms with Crippen LogP contribution in [-0.4, -0.2) is 64.1 Å². The van der Waals surface area contributed by atoms with E-state index in [0.29, 0.717) is 60.8 Å². The number of nitrogens with zero attached hydrogens (tertiary/aromatic N) is 4. The van der Waals surface area contributed by atoms with Crippen LogP contribution in [0.1, 0.15) is 35.0 Å². The molecule has 3 aromatic rings. The number of rotatable bonds is 8. The Kier molecular flexibility index (Phi) is 6.96. The molecule has 0 spiro atoms. The van der Waals surface area contributed by atoms with Crippen LogP contribution in [-0.2, 0) is 22.5 Å². The predicted octanol–water partition coefficient (Wildman–Crippen LogP) is 3.12. The summed E-state index contributed by atoms with van der Waals surface area (Å²) in [6.07, 6.45) is 2.29. The number of amides is 1. The fourth-order valence-electron chi connectivity index (χ4n) is 3.56. The van der Waals surface area contributed by atoms with E-state index in [4.69, 9.17) is 25.6 Å². The zero-order valence-electron chi connectivity index (χ0n) is 17.2. The Balaban J connectivity index is 1.31. The third-order valence-electron chi connectivity index (χ3n) is 5.08. The molecule has 3 heterocycles. The molecule has 1 atom stereocenters. The van der Waals surface area contributed by atoms with Gasteiger partial charge in [0.1, 0.15) is 12.3 Å². The highest BCUT2D eigenvalue weighted by Crippen LogP contribution is 2.26. The van der Waals surface area contributed by atoms with Gasteiger partial charge in [-0.15, -0.1) is 0 Å². The van der Waals surface area contributed by atoms with E-state index in [0.717, 1.165) is 18.4 Å². The summed E-state index contributed by atoms with van der Waals surface area (Å²) in [6.45, 7) is 1.96. The standard InChI is InChI=1S/C21H24ClN5O4/c1-29-13-20-23-19(26-31-20)8-10-30-14-5-4-9-27(12-14)21(28)18-11-17(24-25-18)15-6-2-3-7-16(15)22/h2-3,6-7,11,14H,4-5,8-10,12-13H2,1H3,(H,24,25). The molecule has 1 aromatic carbocycles. The van der Waals surface area contributed by atoms with E-state index in [1.54, 1.807) is 24.1 Å². The van der Waals surface area contributed by atoms with Crippen molar-refractivity contribution in [3.63, 3.8) is 0 Å². The quantitative estimate of drug-likeness (QED) is 0.567. The molecule has 1 saturated heterocycles. The van der Waals surface area contributed by atoms with Crippen molar-refractivity contribution >= 4 is 17.5 Å². The van der Waals surface area contributed by atoms with Crippen molar-refractivity contribution in [2.75, 3.05) is 26.8 Å². The molecule has 0 bridgehead atoms. The molecule has 1 fully saturated rings. The van der Waals surface area contributed by atoms with Crippen molar-refractivity contribution in [3.8, 4) is 11.3 Å². The molecular formula is C21H24ClN5O4. The maximum atomic E-state index is 13.0. The third kappa shape index (κ3) is 5.30. The first-order chi connectivity index (χ1) is 15.1. The first-order valence-corrected chi connectivity index (χ1v) is 10.5. The van der Waals surface area contributed by atoms with Crippen LogP contribution in [0.25, 0.3) is 11.3 Å². The number of carbonyl (C=O) groups is 1. The van der Waals surface area contributed by atoms with E-state index in [2.05, 4.69) is 20.3 Å². The molecule has 2 aromatic heterocycles. The molecule has 9 nitrogen and oxygen atoms in total. The Morgan fingerprint density at radius 3 is 3.10 bits per heavy atom. The summed E-state index contributed by atoms with van der Waals surface area (Å²) < 4.78 is 16.0. The van der Waals surface area contributed by atoms with Gasteiger partial charge in [0.15, 0.2) is 5.82 Å². The number of H-pyrrole nitrogens is 1. The number of aromatic amines is 1. The number of carbonyl (C=O) groups excluding carboxylic acids is 1. The predicted molar refractivity (Wildman–Crippen MR) is 113 cm³/mol. The van der Waals surface area contributed by atoms with Gasteiger partial charge in [0.25, 0.3) is 11.8 Å². The van der Waals surface area contributed by atoms with Crippen LogP contribution in [0.15, 0.2) is 34.9 Å². The molecule has 10 heteroatoms. The zero-order chi connectivity index (χ0) is 21.6. The minimum atomic E-state index is -0.0959. The second-order valence-electron chi connectivity index (χ2n) is 7.32. The van der Waals surface area contributed by atoms with Crippen LogP contribution in [0.4, 0.5) is 0 Å². The maximum absolute atomic E-state index is 13.0. The summed E-state index contributed by atoms with van der Waals surface area (Å²) in [6, 6.07) is 9.15. The van der Waals surface area contributed by atoms with Crippen LogP contribution < -0.4 is 0 Å². The van der Waals surface area contributed by atoms with Crippen LogP contribution in [0, 0.1) is 0 Å². The summed E-state index contributed by atoms with van der Waals surface area (Å²) in [7, 11) is 1.57. The fraction of sp³-hybridized carbons (Fsp3) is 0.429. The molecule has 1 aliphatic heterocycles. The van der Waals surface area contributed by atoms with Crippen LogP contribution in [0.5, 0.6) is 0 Å². The lowest BCUT2D eigenvalue weighted by Crippen LogP contribution is -2.43. The number of ether oxygens (including phenoxy) is 2. The molecule has 164 valence electrons. The average Bonchev–Trinajstić information content (AvgIpc) is 3.44. The van der Waals surface area contributed by atoms with Gasteiger partial charge in [0.2, 0.25) is 0 Å². The minimum absolute atomic E-state index is 0.0333. The number of halogens is 1. The lowest BCUT2D eigenvalue weighted by atomic mass is 10.1. The van der Waals surface area contributed by atoms with Gasteiger partial charge >= 0.3 is 0 Å². The molecule has 1 N–H and O–H groups in total. The van der Waals surface area contributed by atoms with E-state index in [1.807, 2.05) is 18.2 Å². The van der Waals surface area contributed by atoms with Gasteiger partial charge in [0, 0.05) is 32.2 Å². The summed E-state index contributed by atoms with van der Waals surface area (Å²) in [5, 5.41) is 11.6. The largest absolute Gasteiger partial charge is 0.376 e. The summed E-state index contributed by atoms with van der Waals surface area (Å²) in [5.74, 6) is 0.935. The Morgan fingerprint density at radius 1 is 1.39 bits per heavy atom. The van der Waals surface area contributed by atoms with Crippen molar-refractivity contribution in [3.05, 3.63) is 52.8 Å². The number of aromatic nitrogens is 4. The lowest BCUT2D eigenvalue weighted by Gasteiger charge is -2.32. The van der Waals surface area contributed by atoms with Gasteiger partial charge in [-0.2, -0.15) is 10.1 Å². The first kappa shape index (κ1) is 21.5. The number of hydrogen-bond acceptors (Lipinski definition) is 7. The Hall–Kier alpha value is -2.75. The number of benzene rings is 1. The van der Waals surface area contributed by atoms with Crippen molar-refractivity contribution in [1.29, 1.82) is 0 Å². The Labute approximate surface area is 184 Å². The fourth-order valence-corrected chi connectivity index (χ4v) is 3.79. The van der Waals surface area contributed by atoms with E-state index in [-0.39, 0.29) is 12.0 Å². The zero-order valence-corrected chi connectivity index (χ0v) is 18.0. The molecule has 4 rings (SSSR count). The summed E-state index contributed by atoms with van der Waals surface area (Å²) >= 11 is 6.24. The second kappa shape index (κ2) is 10.0. The van der Waals surface area contributed by atoms with Gasteiger partial charge in [0.05, 0.1) is 23.4 Å². The van der Waals surface area contributed by atoms with Crippen molar-refractivity contribution in [2.45, 2.75) is 32.0 Å². The lowest BCUT2D eigenvalue weighted by molar-refractivity contribution is 0.00232. The molecule has 0 saturated carbocycles.